The molecule has 0 radical (unpaired) electrons. The fourth-order valence-corrected chi connectivity index (χ4v) is 3.65. The number of nitrogens with two attached hydrogens (primary N) is 1. The van der Waals surface area contributed by atoms with Crippen molar-refractivity contribution in [3.8, 4) is 0 Å². The van der Waals surface area contributed by atoms with E-state index in [1.807, 2.05) is 0 Å². The molecule has 8 heteroatoms. The average Bonchev–Trinajstić information content (AvgIpc) is 2.67. The molecule has 0 spiro atoms. The van der Waals surface area contributed by atoms with Crippen LogP contribution < -0.4 is 11.2 Å². The first-order valence-corrected chi connectivity index (χ1v) is 8.16. The average molecular weight is 329 g/mol. The summed E-state index contributed by atoms with van der Waals surface area (Å²) >= 11 is 0. The normalized spacial score (nSPS) is 36.7. The molecule has 2 fully saturated rings. The van der Waals surface area contributed by atoms with Crippen molar-refractivity contribution in [2.24, 2.45) is 11.1 Å². The van der Waals surface area contributed by atoms with Gasteiger partial charge in [0.1, 0.15) is 5.41 Å². The smallest absolute Gasteiger partial charge is 0.326 e. The van der Waals surface area contributed by atoms with Gasteiger partial charge in [0.15, 0.2) is 11.4 Å². The van der Waals surface area contributed by atoms with E-state index in [9.17, 15) is 9.59 Å². The van der Waals surface area contributed by atoms with Crippen molar-refractivity contribution in [2.45, 2.75) is 71.2 Å². The molecular weight excluding hydrogens is 302 g/mol. The third kappa shape index (κ3) is 2.68. The van der Waals surface area contributed by atoms with Crippen LogP contribution in [0.2, 0.25) is 0 Å². The number of hydrazine groups is 1. The summed E-state index contributed by atoms with van der Waals surface area (Å²) in [5.41, 5.74) is 4.88. The molecule has 0 aromatic heterocycles. The Morgan fingerprint density at radius 2 is 1.96 bits per heavy atom. The van der Waals surface area contributed by atoms with Crippen LogP contribution in [0.5, 0.6) is 0 Å². The molecule has 23 heavy (non-hydrogen) atoms. The van der Waals surface area contributed by atoms with Crippen LogP contribution in [0.3, 0.4) is 0 Å². The van der Waals surface area contributed by atoms with Gasteiger partial charge < -0.3 is 10.5 Å². The zero-order valence-electron chi connectivity index (χ0n) is 14.3. The number of hydrogen-bond donors (Lipinski definition) is 2. The first-order chi connectivity index (χ1) is 10.8. The molecule has 0 aromatic carbocycles. The Labute approximate surface area is 136 Å². The molecule has 0 saturated carbocycles. The topological polar surface area (TPSA) is 103 Å². The summed E-state index contributed by atoms with van der Waals surface area (Å²) in [6.07, 6.45) is 3.40. The summed E-state index contributed by atoms with van der Waals surface area (Å²) < 4.78 is 5.34. The molecule has 2 saturated heterocycles. The number of primary amides is 1. The van der Waals surface area contributed by atoms with E-state index in [4.69, 9.17) is 20.2 Å². The first kappa shape index (κ1) is 18.0. The molecule has 2 rings (SSSR count). The zero-order valence-corrected chi connectivity index (χ0v) is 14.3. The number of fused-ring (bicyclic) bond motifs is 2. The van der Waals surface area contributed by atoms with Crippen LogP contribution in [0, 0.1) is 5.41 Å². The standard InChI is InChI=1S/C15H27N3O5/c1-5-7-8-15(11(19)21-6-2)10-9-13(3)18(17-12(16)20)14(15,4)23-22-13/h5-10H2,1-4H3,(H3,16,17,20). The third-order valence-corrected chi connectivity index (χ3v) is 5.03. The molecule has 8 nitrogen and oxygen atoms in total. The predicted octanol–water partition coefficient (Wildman–Crippen LogP) is 1.80. The number of nitrogens with one attached hydrogen (secondary N) is 1. The van der Waals surface area contributed by atoms with E-state index >= 15 is 0 Å². The maximum Gasteiger partial charge on any atom is 0.326 e. The van der Waals surface area contributed by atoms with E-state index in [-0.39, 0.29) is 12.6 Å². The largest absolute Gasteiger partial charge is 0.465 e. The Balaban J connectivity index is 2.45. The molecule has 0 aromatic rings. The number of amides is 2. The second-order valence-corrected chi connectivity index (χ2v) is 6.54. The van der Waals surface area contributed by atoms with Crippen molar-refractivity contribution in [3.05, 3.63) is 0 Å². The minimum absolute atomic E-state index is 0.282. The second-order valence-electron chi connectivity index (χ2n) is 6.54. The van der Waals surface area contributed by atoms with Crippen LogP contribution in [0.25, 0.3) is 0 Å². The van der Waals surface area contributed by atoms with Crippen LogP contribution in [0.4, 0.5) is 4.79 Å². The quantitative estimate of drug-likeness (QED) is 0.569. The van der Waals surface area contributed by atoms with Gasteiger partial charge in [0.05, 0.1) is 6.61 Å². The summed E-state index contributed by atoms with van der Waals surface area (Å²) in [6, 6.07) is -0.730. The number of urea groups is 1. The van der Waals surface area contributed by atoms with Crippen molar-refractivity contribution >= 4 is 12.0 Å². The maximum absolute atomic E-state index is 12.8. The van der Waals surface area contributed by atoms with Crippen molar-refractivity contribution in [1.29, 1.82) is 0 Å². The molecule has 132 valence electrons. The van der Waals surface area contributed by atoms with Gasteiger partial charge in [-0.3, -0.25) is 10.2 Å². The first-order valence-electron chi connectivity index (χ1n) is 8.16. The van der Waals surface area contributed by atoms with E-state index in [0.717, 1.165) is 12.8 Å². The molecule has 0 aliphatic carbocycles. The van der Waals surface area contributed by atoms with E-state index in [0.29, 0.717) is 19.3 Å². The van der Waals surface area contributed by atoms with Crippen LogP contribution >= 0.6 is 0 Å². The van der Waals surface area contributed by atoms with Crippen LogP contribution in [-0.4, -0.2) is 35.1 Å². The van der Waals surface area contributed by atoms with Gasteiger partial charge in [0.2, 0.25) is 0 Å². The Morgan fingerprint density at radius 1 is 1.26 bits per heavy atom. The molecule has 2 aliphatic heterocycles. The zero-order chi connectivity index (χ0) is 17.3. The van der Waals surface area contributed by atoms with Gasteiger partial charge in [-0.15, -0.1) is 0 Å². The molecular formula is C15H27N3O5. The molecule has 2 amide bonds. The maximum atomic E-state index is 12.8. The summed E-state index contributed by atoms with van der Waals surface area (Å²) in [4.78, 5) is 35.4. The van der Waals surface area contributed by atoms with Crippen LogP contribution in [0.15, 0.2) is 0 Å². The van der Waals surface area contributed by atoms with Crippen molar-refractivity contribution in [1.82, 2.24) is 10.4 Å². The fourth-order valence-electron chi connectivity index (χ4n) is 3.65. The minimum Gasteiger partial charge on any atom is -0.465 e. The summed E-state index contributed by atoms with van der Waals surface area (Å²) in [5, 5.41) is 1.53. The molecule has 2 heterocycles. The predicted molar refractivity (Wildman–Crippen MR) is 81.4 cm³/mol. The van der Waals surface area contributed by atoms with Crippen LogP contribution in [0.1, 0.15) is 59.8 Å². The molecule has 3 unspecified atom stereocenters. The molecule has 2 bridgehead atoms. The molecule has 3 atom stereocenters. The van der Waals surface area contributed by atoms with Crippen LogP contribution in [-0.2, 0) is 19.3 Å². The number of carbonyl (C=O) groups excluding carboxylic acids is 2. The Bertz CT molecular complexity index is 488. The monoisotopic (exact) mass is 329 g/mol. The van der Waals surface area contributed by atoms with Gasteiger partial charge in [-0.1, -0.05) is 19.8 Å². The number of esters is 1. The van der Waals surface area contributed by atoms with Gasteiger partial charge in [0.25, 0.3) is 0 Å². The highest BCUT2D eigenvalue weighted by Crippen LogP contribution is 2.57. The van der Waals surface area contributed by atoms with Gasteiger partial charge in [-0.2, -0.15) is 5.01 Å². The summed E-state index contributed by atoms with van der Waals surface area (Å²) in [5.74, 6) is -0.334. The lowest BCUT2D eigenvalue weighted by Crippen LogP contribution is -2.71. The lowest BCUT2D eigenvalue weighted by Gasteiger charge is -2.51. The summed E-state index contributed by atoms with van der Waals surface area (Å²) in [7, 11) is 0. The van der Waals surface area contributed by atoms with E-state index < -0.39 is 22.9 Å². The van der Waals surface area contributed by atoms with Crippen molar-refractivity contribution in [2.75, 3.05) is 6.61 Å². The SMILES string of the molecule is CCCCC1(C(=O)OCC)CCC2(C)OOC1(C)N2NC(N)=O. The third-order valence-electron chi connectivity index (χ3n) is 5.03. The fraction of sp³-hybridized carbons (Fsp3) is 0.867. The van der Waals surface area contributed by atoms with Gasteiger partial charge in [-0.05, 0) is 40.0 Å². The highest BCUT2D eigenvalue weighted by atomic mass is 17.2. The number of unbranched alkanes of at least 4 members (excludes halogenated alkanes) is 1. The minimum atomic E-state index is -1.18. The number of piperidine rings is 1. The molecule has 2 aliphatic rings. The van der Waals surface area contributed by atoms with Gasteiger partial charge >= 0.3 is 12.0 Å². The van der Waals surface area contributed by atoms with Crippen molar-refractivity contribution in [3.63, 3.8) is 0 Å². The Kier molecular flexibility index (Phi) is 4.89. The summed E-state index contributed by atoms with van der Waals surface area (Å²) in [6.45, 7) is 7.64. The van der Waals surface area contributed by atoms with E-state index in [1.165, 1.54) is 5.01 Å². The van der Waals surface area contributed by atoms with Gasteiger partial charge in [-0.25, -0.2) is 14.6 Å². The van der Waals surface area contributed by atoms with E-state index in [1.54, 1.807) is 20.8 Å². The number of ether oxygens (including phenoxy) is 1. The Hall–Kier alpha value is -1.38. The highest BCUT2D eigenvalue weighted by Gasteiger charge is 2.71. The van der Waals surface area contributed by atoms with Gasteiger partial charge in [0, 0.05) is 0 Å². The second kappa shape index (κ2) is 6.26. The highest BCUT2D eigenvalue weighted by molar-refractivity contribution is 5.79. The Morgan fingerprint density at radius 3 is 2.52 bits per heavy atom. The van der Waals surface area contributed by atoms with E-state index in [2.05, 4.69) is 12.3 Å². The number of nitrogens with zero attached hydrogens (tertiary/aromatic N) is 1. The lowest BCUT2D eigenvalue weighted by atomic mass is 9.66. The van der Waals surface area contributed by atoms with Crippen molar-refractivity contribution < 1.29 is 24.1 Å². The number of rotatable bonds is 6. The number of carbonyl (C=O) groups is 2. The molecule has 3 N–H and O–H groups in total. The number of hydrogen-bond acceptors (Lipinski definition) is 6. The lowest BCUT2D eigenvalue weighted by molar-refractivity contribution is -0.351.